The zero-order valence-corrected chi connectivity index (χ0v) is 21.2. The van der Waals surface area contributed by atoms with Gasteiger partial charge in [-0.15, -0.1) is 0 Å². The molecule has 3 aromatic heterocycles. The zero-order valence-electron chi connectivity index (χ0n) is 19.7. The Bertz CT molecular complexity index is 1760. The molecule has 0 saturated carbocycles. The number of nitrogens with zero attached hydrogens (tertiary/aromatic N) is 4. The van der Waals surface area contributed by atoms with E-state index in [1.165, 1.54) is 16.2 Å². The first-order valence-corrected chi connectivity index (χ1v) is 12.5. The third kappa shape index (κ3) is 3.66. The van der Waals surface area contributed by atoms with Crippen molar-refractivity contribution >= 4 is 61.4 Å². The Kier molecular flexibility index (Phi) is 5.47. The predicted octanol–water partition coefficient (Wildman–Crippen LogP) is 5.54. The molecule has 6 rings (SSSR count). The Morgan fingerprint density at radius 1 is 1.08 bits per heavy atom. The third-order valence-corrected chi connectivity index (χ3v) is 7.60. The van der Waals surface area contributed by atoms with Gasteiger partial charge in [0.2, 0.25) is 0 Å². The van der Waals surface area contributed by atoms with E-state index in [1.54, 1.807) is 79.2 Å². The lowest BCUT2D eigenvalue weighted by atomic mass is 9.96. The number of hydrogen-bond donors (Lipinski definition) is 1. The van der Waals surface area contributed by atoms with Crippen LogP contribution in [0.1, 0.15) is 23.0 Å². The van der Waals surface area contributed by atoms with Crippen molar-refractivity contribution in [1.82, 2.24) is 14.4 Å². The van der Waals surface area contributed by atoms with Crippen molar-refractivity contribution in [2.75, 3.05) is 12.0 Å². The first kappa shape index (κ1) is 23.2. The Morgan fingerprint density at radius 2 is 1.86 bits per heavy atom. The van der Waals surface area contributed by atoms with Gasteiger partial charge in [0.05, 0.1) is 34.6 Å². The minimum absolute atomic E-state index is 0.0405. The fraction of sp³-hybridized carbons (Fsp3) is 0.111. The van der Waals surface area contributed by atoms with Gasteiger partial charge in [-0.1, -0.05) is 41.1 Å². The summed E-state index contributed by atoms with van der Waals surface area (Å²) in [7, 11) is 1.56. The number of ketones is 1. The van der Waals surface area contributed by atoms with E-state index in [9.17, 15) is 14.7 Å². The molecule has 0 bridgehead atoms. The van der Waals surface area contributed by atoms with Gasteiger partial charge in [0.25, 0.3) is 5.78 Å². The highest BCUT2D eigenvalue weighted by atomic mass is 35.5. The number of methoxy groups -OCH3 is 1. The van der Waals surface area contributed by atoms with Crippen molar-refractivity contribution in [2.24, 2.45) is 0 Å². The van der Waals surface area contributed by atoms with Crippen molar-refractivity contribution in [2.45, 2.75) is 13.0 Å². The number of aromatic nitrogens is 3. The molecular formula is C27H19ClN4O4S. The number of Topliss-reactive ketones (excluding diaryl/α,β-unsaturated/α-hetero) is 1. The number of thiazole rings is 1. The van der Waals surface area contributed by atoms with Crippen LogP contribution in [0, 0.1) is 6.92 Å². The molecule has 1 N–H and O–H groups in total. The van der Waals surface area contributed by atoms with E-state index in [-0.39, 0.29) is 11.3 Å². The van der Waals surface area contributed by atoms with Gasteiger partial charge in [0.15, 0.2) is 10.9 Å². The number of carbonyl (C=O) groups is 2. The van der Waals surface area contributed by atoms with Crippen LogP contribution in [-0.4, -0.2) is 38.3 Å². The van der Waals surface area contributed by atoms with Gasteiger partial charge in [-0.05, 0) is 55.0 Å². The Balaban J connectivity index is 1.60. The summed E-state index contributed by atoms with van der Waals surface area (Å²) in [6, 6.07) is 16.8. The van der Waals surface area contributed by atoms with Crippen molar-refractivity contribution in [3.8, 4) is 5.75 Å². The smallest absolute Gasteiger partial charge is 0.301 e. The number of ether oxygens (including phenoxy) is 1. The van der Waals surface area contributed by atoms with Crippen LogP contribution in [-0.2, 0) is 9.59 Å². The van der Waals surface area contributed by atoms with Crippen molar-refractivity contribution in [3.63, 3.8) is 0 Å². The quantitative estimate of drug-likeness (QED) is 0.186. The number of amides is 1. The number of benzene rings is 2. The summed E-state index contributed by atoms with van der Waals surface area (Å²) >= 11 is 7.41. The van der Waals surface area contributed by atoms with Gasteiger partial charge in [0.1, 0.15) is 17.1 Å². The van der Waals surface area contributed by atoms with Crippen molar-refractivity contribution in [1.29, 1.82) is 0 Å². The molecule has 1 unspecified atom stereocenters. The van der Waals surface area contributed by atoms with E-state index in [1.807, 2.05) is 6.07 Å². The lowest BCUT2D eigenvalue weighted by Crippen LogP contribution is -2.29. The van der Waals surface area contributed by atoms with Crippen LogP contribution in [0.2, 0.25) is 5.02 Å². The molecule has 1 amide bonds. The number of rotatable bonds is 4. The van der Waals surface area contributed by atoms with E-state index in [0.717, 1.165) is 4.70 Å². The minimum atomic E-state index is -0.921. The maximum atomic E-state index is 13.5. The zero-order chi connectivity index (χ0) is 25.8. The molecular weight excluding hydrogens is 512 g/mol. The number of anilines is 1. The fourth-order valence-corrected chi connectivity index (χ4v) is 5.92. The number of imidazole rings is 1. The number of hydrogen-bond acceptors (Lipinski definition) is 7. The third-order valence-electron chi connectivity index (χ3n) is 6.35. The highest BCUT2D eigenvalue weighted by Gasteiger charge is 2.48. The second-order valence-corrected chi connectivity index (χ2v) is 9.97. The Hall–Kier alpha value is -4.21. The van der Waals surface area contributed by atoms with Gasteiger partial charge in [-0.2, -0.15) is 0 Å². The first-order chi connectivity index (χ1) is 17.9. The Labute approximate surface area is 220 Å². The summed E-state index contributed by atoms with van der Waals surface area (Å²) in [5.41, 5.74) is 2.71. The summed E-state index contributed by atoms with van der Waals surface area (Å²) in [6.07, 6.45) is 1.75. The van der Waals surface area contributed by atoms with Crippen molar-refractivity contribution in [3.05, 3.63) is 94.4 Å². The topological polar surface area (TPSA) is 97.0 Å². The molecule has 37 heavy (non-hydrogen) atoms. The minimum Gasteiger partial charge on any atom is -0.505 e. The number of aryl methyl sites for hydroxylation is 1. The van der Waals surface area contributed by atoms with E-state index >= 15 is 0 Å². The van der Waals surface area contributed by atoms with Gasteiger partial charge < -0.3 is 9.84 Å². The molecule has 1 fully saturated rings. The maximum absolute atomic E-state index is 13.5. The number of aliphatic hydroxyl groups excluding tert-OH is 1. The molecule has 1 atom stereocenters. The van der Waals surface area contributed by atoms with E-state index < -0.39 is 17.7 Å². The van der Waals surface area contributed by atoms with Crippen LogP contribution >= 0.6 is 22.9 Å². The average Bonchev–Trinajstić information content (AvgIpc) is 3.54. The summed E-state index contributed by atoms with van der Waals surface area (Å²) in [5.74, 6) is -1.27. The monoisotopic (exact) mass is 530 g/mol. The van der Waals surface area contributed by atoms with Crippen molar-refractivity contribution < 1.29 is 19.4 Å². The number of carbonyl (C=O) groups excluding carboxylic acids is 2. The van der Waals surface area contributed by atoms with Gasteiger partial charge in [-0.3, -0.25) is 18.9 Å². The summed E-state index contributed by atoms with van der Waals surface area (Å²) in [4.78, 5) is 37.5. The number of aliphatic hydroxyl groups is 1. The molecule has 4 heterocycles. The summed E-state index contributed by atoms with van der Waals surface area (Å²) in [5, 5.41) is 12.5. The molecule has 10 heteroatoms. The maximum Gasteiger partial charge on any atom is 0.301 e. The van der Waals surface area contributed by atoms with E-state index in [0.29, 0.717) is 44.0 Å². The van der Waals surface area contributed by atoms with Crippen LogP contribution in [0.3, 0.4) is 0 Å². The second-order valence-electron chi connectivity index (χ2n) is 8.53. The fourth-order valence-electron chi connectivity index (χ4n) is 4.65. The summed E-state index contributed by atoms with van der Waals surface area (Å²) in [6.45, 7) is 1.75. The van der Waals surface area contributed by atoms with Gasteiger partial charge in [-0.25, -0.2) is 9.97 Å². The largest absolute Gasteiger partial charge is 0.505 e. The molecule has 0 aliphatic carbocycles. The standard InChI is InChI=1S/C27H19ClN4O4S/c1-14-22(31-12-4-3-5-20(31)29-14)24(33)21-23(15-6-9-17(36-2)10-7-15)32(26(35)25(21)34)27-30-18-11-8-16(28)13-19(18)37-27/h3-13,23,33H,1-2H3. The molecule has 5 aromatic rings. The normalized spacial score (nSPS) is 17.3. The molecule has 8 nitrogen and oxygen atoms in total. The SMILES string of the molecule is COc1ccc(C2C(=C(O)c3c(C)nc4ccccn34)C(=O)C(=O)N2c2nc3ccc(Cl)cc3s2)cc1. The molecule has 0 radical (unpaired) electrons. The Morgan fingerprint density at radius 3 is 2.62 bits per heavy atom. The van der Waals surface area contributed by atoms with Crippen LogP contribution in [0.4, 0.5) is 5.13 Å². The molecule has 1 saturated heterocycles. The van der Waals surface area contributed by atoms with Crippen LogP contribution in [0.5, 0.6) is 5.75 Å². The first-order valence-electron chi connectivity index (χ1n) is 11.3. The van der Waals surface area contributed by atoms with Gasteiger partial charge in [0, 0.05) is 11.2 Å². The molecule has 184 valence electrons. The van der Waals surface area contributed by atoms with Crippen LogP contribution < -0.4 is 9.64 Å². The predicted molar refractivity (Wildman–Crippen MR) is 142 cm³/mol. The molecule has 2 aromatic carbocycles. The van der Waals surface area contributed by atoms with E-state index in [4.69, 9.17) is 16.3 Å². The van der Waals surface area contributed by atoms with E-state index in [2.05, 4.69) is 9.97 Å². The lowest BCUT2D eigenvalue weighted by Gasteiger charge is -2.23. The van der Waals surface area contributed by atoms with Gasteiger partial charge >= 0.3 is 5.91 Å². The van der Waals surface area contributed by atoms with Crippen LogP contribution in [0.15, 0.2) is 72.4 Å². The number of fused-ring (bicyclic) bond motifs is 2. The summed E-state index contributed by atoms with van der Waals surface area (Å²) < 4.78 is 7.76. The average molecular weight is 531 g/mol. The molecule has 1 aliphatic heterocycles. The number of halogens is 1. The number of pyridine rings is 1. The lowest BCUT2D eigenvalue weighted by molar-refractivity contribution is -0.132. The molecule has 0 spiro atoms. The second kappa shape index (κ2) is 8.72. The highest BCUT2D eigenvalue weighted by molar-refractivity contribution is 7.22. The molecule has 1 aliphatic rings. The highest BCUT2D eigenvalue weighted by Crippen LogP contribution is 2.45. The van der Waals surface area contributed by atoms with Crippen LogP contribution in [0.25, 0.3) is 21.6 Å².